The number of likely N-dealkylation sites (tertiary alicyclic amines) is 1. The van der Waals surface area contributed by atoms with Gasteiger partial charge in [-0.3, -0.25) is 4.79 Å². The summed E-state index contributed by atoms with van der Waals surface area (Å²) in [6.07, 6.45) is 3.27. The molecule has 2 unspecified atom stereocenters. The molecule has 116 valence electrons. The Kier molecular flexibility index (Phi) is 5.80. The second-order valence-electron chi connectivity index (χ2n) is 6.35. The second kappa shape index (κ2) is 6.92. The Labute approximate surface area is 121 Å². The predicted octanol–water partition coefficient (Wildman–Crippen LogP) is 0.799. The van der Waals surface area contributed by atoms with E-state index in [0.717, 1.165) is 19.3 Å². The maximum Gasteiger partial charge on any atom is 0.312 e. The fourth-order valence-corrected chi connectivity index (χ4v) is 2.62. The highest BCUT2D eigenvalue weighted by atomic mass is 16.2. The molecule has 0 aliphatic carbocycles. The SMILES string of the molecule is CCCCC(NC(N)=O)C(=O)N1CCC(N)C(C)(C)C1. The summed E-state index contributed by atoms with van der Waals surface area (Å²) in [5.74, 6) is -0.0442. The van der Waals surface area contributed by atoms with E-state index in [1.165, 1.54) is 0 Å². The van der Waals surface area contributed by atoms with E-state index in [0.29, 0.717) is 19.5 Å². The third kappa shape index (κ3) is 4.37. The Bertz CT molecular complexity index is 357. The first-order chi connectivity index (χ1) is 9.27. The molecular formula is C14H28N4O2. The topological polar surface area (TPSA) is 101 Å². The Balaban J connectivity index is 2.71. The van der Waals surface area contributed by atoms with Gasteiger partial charge in [0, 0.05) is 19.1 Å². The molecule has 0 aromatic rings. The predicted molar refractivity (Wildman–Crippen MR) is 79.0 cm³/mol. The number of hydrogen-bond acceptors (Lipinski definition) is 3. The number of piperidine rings is 1. The number of primary amides is 1. The van der Waals surface area contributed by atoms with Gasteiger partial charge in [-0.25, -0.2) is 4.79 Å². The van der Waals surface area contributed by atoms with Crippen LogP contribution in [0.3, 0.4) is 0 Å². The van der Waals surface area contributed by atoms with Gasteiger partial charge in [0.2, 0.25) is 5.91 Å². The highest BCUT2D eigenvalue weighted by Crippen LogP contribution is 2.28. The fraction of sp³-hybridized carbons (Fsp3) is 0.857. The van der Waals surface area contributed by atoms with E-state index in [-0.39, 0.29) is 17.4 Å². The molecule has 20 heavy (non-hydrogen) atoms. The fourth-order valence-electron chi connectivity index (χ4n) is 2.62. The Morgan fingerprint density at radius 2 is 2.10 bits per heavy atom. The van der Waals surface area contributed by atoms with Crippen molar-refractivity contribution in [3.63, 3.8) is 0 Å². The summed E-state index contributed by atoms with van der Waals surface area (Å²) in [5, 5.41) is 2.57. The average Bonchev–Trinajstić information content (AvgIpc) is 2.36. The van der Waals surface area contributed by atoms with Crippen molar-refractivity contribution in [2.24, 2.45) is 16.9 Å². The smallest absolute Gasteiger partial charge is 0.312 e. The van der Waals surface area contributed by atoms with Crippen molar-refractivity contribution >= 4 is 11.9 Å². The van der Waals surface area contributed by atoms with Gasteiger partial charge in [0.15, 0.2) is 0 Å². The molecule has 0 spiro atoms. The minimum Gasteiger partial charge on any atom is -0.352 e. The van der Waals surface area contributed by atoms with E-state index in [4.69, 9.17) is 11.5 Å². The molecule has 1 saturated heterocycles. The van der Waals surface area contributed by atoms with Gasteiger partial charge < -0.3 is 21.7 Å². The van der Waals surface area contributed by atoms with Crippen LogP contribution in [0.1, 0.15) is 46.5 Å². The molecule has 0 radical (unpaired) electrons. The minimum absolute atomic E-state index is 0.0442. The van der Waals surface area contributed by atoms with Gasteiger partial charge in [-0.05, 0) is 18.3 Å². The Morgan fingerprint density at radius 3 is 2.60 bits per heavy atom. The highest BCUT2D eigenvalue weighted by molar-refractivity contribution is 5.86. The van der Waals surface area contributed by atoms with E-state index in [1.54, 1.807) is 4.90 Å². The van der Waals surface area contributed by atoms with E-state index in [9.17, 15) is 9.59 Å². The monoisotopic (exact) mass is 284 g/mol. The van der Waals surface area contributed by atoms with Gasteiger partial charge in [0.25, 0.3) is 0 Å². The van der Waals surface area contributed by atoms with Gasteiger partial charge in [0.05, 0.1) is 0 Å². The highest BCUT2D eigenvalue weighted by Gasteiger charge is 2.37. The first-order valence-corrected chi connectivity index (χ1v) is 7.38. The lowest BCUT2D eigenvalue weighted by Gasteiger charge is -2.43. The van der Waals surface area contributed by atoms with Crippen molar-refractivity contribution in [1.29, 1.82) is 0 Å². The van der Waals surface area contributed by atoms with Crippen molar-refractivity contribution in [2.45, 2.75) is 58.5 Å². The van der Waals surface area contributed by atoms with Crippen molar-refractivity contribution in [2.75, 3.05) is 13.1 Å². The van der Waals surface area contributed by atoms with Crippen LogP contribution in [0.4, 0.5) is 4.79 Å². The number of urea groups is 1. The molecule has 0 bridgehead atoms. The van der Waals surface area contributed by atoms with Gasteiger partial charge in [-0.1, -0.05) is 33.6 Å². The van der Waals surface area contributed by atoms with E-state index in [1.807, 2.05) is 0 Å². The third-order valence-corrected chi connectivity index (χ3v) is 4.08. The van der Waals surface area contributed by atoms with Crippen LogP contribution in [0.2, 0.25) is 0 Å². The van der Waals surface area contributed by atoms with E-state index in [2.05, 4.69) is 26.1 Å². The third-order valence-electron chi connectivity index (χ3n) is 4.08. The zero-order valence-corrected chi connectivity index (χ0v) is 12.8. The number of hydrogen-bond donors (Lipinski definition) is 3. The summed E-state index contributed by atoms with van der Waals surface area (Å²) in [4.78, 5) is 25.4. The number of unbranched alkanes of at least 4 members (excludes halogenated alkanes) is 1. The number of amides is 3. The van der Waals surface area contributed by atoms with Crippen LogP contribution in [-0.2, 0) is 4.79 Å². The molecule has 6 heteroatoms. The number of carbonyl (C=O) groups is 2. The van der Waals surface area contributed by atoms with Crippen LogP contribution < -0.4 is 16.8 Å². The number of nitrogens with one attached hydrogen (secondary N) is 1. The molecule has 5 N–H and O–H groups in total. The van der Waals surface area contributed by atoms with Gasteiger partial charge >= 0.3 is 6.03 Å². The molecule has 0 aromatic carbocycles. The van der Waals surface area contributed by atoms with E-state index < -0.39 is 12.1 Å². The number of carbonyl (C=O) groups excluding carboxylic acids is 2. The molecule has 1 heterocycles. The van der Waals surface area contributed by atoms with Crippen LogP contribution in [-0.4, -0.2) is 42.0 Å². The lowest BCUT2D eigenvalue weighted by Crippen LogP contribution is -2.58. The largest absolute Gasteiger partial charge is 0.352 e. The molecular weight excluding hydrogens is 256 g/mol. The first kappa shape index (κ1) is 16.8. The Hall–Kier alpha value is -1.30. The molecule has 1 rings (SSSR count). The number of rotatable bonds is 5. The van der Waals surface area contributed by atoms with Crippen LogP contribution in [0.5, 0.6) is 0 Å². The molecule has 0 saturated carbocycles. The first-order valence-electron chi connectivity index (χ1n) is 7.38. The van der Waals surface area contributed by atoms with Gasteiger partial charge in [-0.2, -0.15) is 0 Å². The van der Waals surface area contributed by atoms with Crippen molar-refractivity contribution in [1.82, 2.24) is 10.2 Å². The maximum atomic E-state index is 12.5. The van der Waals surface area contributed by atoms with E-state index >= 15 is 0 Å². The molecule has 3 amide bonds. The van der Waals surface area contributed by atoms with Crippen LogP contribution in [0, 0.1) is 5.41 Å². The summed E-state index contributed by atoms with van der Waals surface area (Å²) >= 11 is 0. The molecule has 6 nitrogen and oxygen atoms in total. The van der Waals surface area contributed by atoms with Crippen LogP contribution in [0.25, 0.3) is 0 Å². The second-order valence-corrected chi connectivity index (χ2v) is 6.35. The molecule has 2 atom stereocenters. The summed E-state index contributed by atoms with van der Waals surface area (Å²) in [6, 6.07) is -1.06. The summed E-state index contributed by atoms with van der Waals surface area (Å²) < 4.78 is 0. The standard InChI is InChI=1S/C14H28N4O2/c1-4-5-6-10(17-13(16)20)12(19)18-8-7-11(15)14(2,3)9-18/h10-11H,4-9,15H2,1-3H3,(H3,16,17,20). The lowest BCUT2D eigenvalue weighted by molar-refractivity contribution is -0.136. The normalized spacial score (nSPS) is 23.2. The van der Waals surface area contributed by atoms with Crippen molar-refractivity contribution < 1.29 is 9.59 Å². The molecule has 1 aliphatic heterocycles. The lowest BCUT2D eigenvalue weighted by atomic mass is 9.79. The maximum absolute atomic E-state index is 12.5. The average molecular weight is 284 g/mol. The van der Waals surface area contributed by atoms with Crippen molar-refractivity contribution in [3.8, 4) is 0 Å². The number of nitrogens with zero attached hydrogens (tertiary/aromatic N) is 1. The Morgan fingerprint density at radius 1 is 1.45 bits per heavy atom. The summed E-state index contributed by atoms with van der Waals surface area (Å²) in [6.45, 7) is 7.46. The van der Waals surface area contributed by atoms with Crippen molar-refractivity contribution in [3.05, 3.63) is 0 Å². The minimum atomic E-state index is -0.646. The summed E-state index contributed by atoms with van der Waals surface area (Å²) in [7, 11) is 0. The van der Waals surface area contributed by atoms with Gasteiger partial charge in [0.1, 0.15) is 6.04 Å². The zero-order valence-electron chi connectivity index (χ0n) is 12.8. The number of nitrogens with two attached hydrogens (primary N) is 2. The van der Waals surface area contributed by atoms with Gasteiger partial charge in [-0.15, -0.1) is 0 Å². The van der Waals surface area contributed by atoms with Crippen LogP contribution in [0.15, 0.2) is 0 Å². The molecule has 1 aliphatic rings. The molecule has 1 fully saturated rings. The quantitative estimate of drug-likeness (QED) is 0.696. The summed E-state index contributed by atoms with van der Waals surface area (Å²) in [5.41, 5.74) is 11.1. The van der Waals surface area contributed by atoms with Crippen LogP contribution >= 0.6 is 0 Å². The molecule has 0 aromatic heterocycles. The zero-order chi connectivity index (χ0) is 15.3.